The number of nitrogens with zero attached hydrogens (tertiary/aromatic N) is 1. The Morgan fingerprint density at radius 2 is 1.88 bits per heavy atom. The van der Waals surface area contributed by atoms with Crippen LogP contribution in [0.3, 0.4) is 0 Å². The number of rotatable bonds is 6. The van der Waals surface area contributed by atoms with Gasteiger partial charge in [-0.3, -0.25) is 9.79 Å². The lowest BCUT2D eigenvalue weighted by Crippen LogP contribution is -2.48. The second-order valence-corrected chi connectivity index (χ2v) is 8.38. The smallest absolute Gasteiger partial charge is 0.224 e. The molecule has 0 aromatic heterocycles. The van der Waals surface area contributed by atoms with Crippen molar-refractivity contribution in [1.29, 1.82) is 0 Å². The van der Waals surface area contributed by atoms with Crippen LogP contribution in [0.2, 0.25) is 0 Å². The van der Waals surface area contributed by atoms with Gasteiger partial charge in [0.15, 0.2) is 5.96 Å². The van der Waals surface area contributed by atoms with E-state index in [1.165, 1.54) is 0 Å². The summed E-state index contributed by atoms with van der Waals surface area (Å²) in [5, 5.41) is 6.64. The topological polar surface area (TPSA) is 88.7 Å². The fourth-order valence-corrected chi connectivity index (χ4v) is 2.93. The van der Waals surface area contributed by atoms with E-state index in [4.69, 9.17) is 10.5 Å². The van der Waals surface area contributed by atoms with E-state index in [1.807, 2.05) is 20.8 Å². The number of carbonyl (C=O) groups excluding carboxylic acids is 1. The first-order valence-corrected chi connectivity index (χ1v) is 9.01. The first kappa shape index (κ1) is 24.4. The van der Waals surface area contributed by atoms with Gasteiger partial charge in [-0.1, -0.05) is 20.8 Å². The number of primary amides is 1. The van der Waals surface area contributed by atoms with Crippen LogP contribution in [0.25, 0.3) is 0 Å². The minimum absolute atomic E-state index is 0. The molecule has 1 fully saturated rings. The van der Waals surface area contributed by atoms with Gasteiger partial charge in [-0.15, -0.1) is 24.0 Å². The Labute approximate surface area is 170 Å². The molecule has 0 radical (unpaired) electrons. The highest BCUT2D eigenvalue weighted by atomic mass is 127. The van der Waals surface area contributed by atoms with Crippen molar-refractivity contribution in [2.45, 2.75) is 60.5 Å². The number of amides is 1. The largest absolute Gasteiger partial charge is 0.377 e. The molecular weight excluding hydrogens is 431 g/mol. The first-order chi connectivity index (χ1) is 11.1. The van der Waals surface area contributed by atoms with Gasteiger partial charge < -0.3 is 21.1 Å². The van der Waals surface area contributed by atoms with E-state index < -0.39 is 5.41 Å². The van der Waals surface area contributed by atoms with Crippen LogP contribution in [-0.4, -0.2) is 44.2 Å². The Hall–Kier alpha value is -0.570. The highest BCUT2D eigenvalue weighted by molar-refractivity contribution is 14.0. The third-order valence-electron chi connectivity index (χ3n) is 4.47. The second-order valence-electron chi connectivity index (χ2n) is 8.38. The predicted octanol–water partition coefficient (Wildman–Crippen LogP) is 2.51. The number of nitrogens with two attached hydrogens (primary N) is 1. The van der Waals surface area contributed by atoms with Gasteiger partial charge in [-0.05, 0) is 39.0 Å². The number of hydrogen-bond acceptors (Lipinski definition) is 3. The van der Waals surface area contributed by atoms with Crippen molar-refractivity contribution in [3.8, 4) is 0 Å². The van der Waals surface area contributed by atoms with E-state index in [9.17, 15) is 4.79 Å². The Morgan fingerprint density at radius 3 is 2.40 bits per heavy atom. The van der Waals surface area contributed by atoms with Crippen molar-refractivity contribution in [1.82, 2.24) is 10.6 Å². The average Bonchev–Trinajstić information content (AvgIpc) is 2.49. The minimum Gasteiger partial charge on any atom is -0.377 e. The van der Waals surface area contributed by atoms with E-state index in [1.54, 1.807) is 0 Å². The molecule has 1 amide bonds. The maximum Gasteiger partial charge on any atom is 0.224 e. The third-order valence-corrected chi connectivity index (χ3v) is 4.47. The van der Waals surface area contributed by atoms with E-state index in [-0.39, 0.29) is 41.4 Å². The van der Waals surface area contributed by atoms with Crippen molar-refractivity contribution in [2.24, 2.45) is 27.5 Å². The van der Waals surface area contributed by atoms with Crippen LogP contribution >= 0.6 is 24.0 Å². The van der Waals surface area contributed by atoms with Gasteiger partial charge in [0, 0.05) is 25.6 Å². The molecule has 2 atom stereocenters. The van der Waals surface area contributed by atoms with Gasteiger partial charge in [-0.2, -0.15) is 0 Å². The standard InChI is InChI=1S/C18H36N4O2.HI/c1-7-20-16(22-12-18(5,6)15(19)23)21-11-13-9-8-10-24-14(13)17(2,3)4;/h13-14H,7-12H2,1-6H3,(H2,19,23)(H2,20,21,22);1H. The summed E-state index contributed by atoms with van der Waals surface area (Å²) in [5.41, 5.74) is 4.89. The normalized spacial score (nSPS) is 22.1. The fourth-order valence-electron chi connectivity index (χ4n) is 2.93. The summed E-state index contributed by atoms with van der Waals surface area (Å²) in [6.07, 6.45) is 2.49. The zero-order valence-electron chi connectivity index (χ0n) is 16.6. The summed E-state index contributed by atoms with van der Waals surface area (Å²) in [6, 6.07) is 0. The molecule has 0 aromatic rings. The molecule has 7 heteroatoms. The number of hydrogen-bond donors (Lipinski definition) is 3. The number of nitrogens with one attached hydrogen (secondary N) is 2. The van der Waals surface area contributed by atoms with E-state index in [0.29, 0.717) is 12.5 Å². The number of ether oxygens (including phenoxy) is 1. The second kappa shape index (κ2) is 10.5. The summed E-state index contributed by atoms with van der Waals surface area (Å²) >= 11 is 0. The van der Waals surface area contributed by atoms with Crippen LogP contribution in [0.15, 0.2) is 4.99 Å². The number of carbonyl (C=O) groups is 1. The monoisotopic (exact) mass is 468 g/mol. The van der Waals surface area contributed by atoms with Gasteiger partial charge in [-0.25, -0.2) is 0 Å². The molecule has 1 heterocycles. The minimum atomic E-state index is -0.649. The maximum absolute atomic E-state index is 11.4. The molecule has 1 aliphatic rings. The third kappa shape index (κ3) is 8.11. The fraction of sp³-hybridized carbons (Fsp3) is 0.889. The van der Waals surface area contributed by atoms with Gasteiger partial charge in [0.25, 0.3) is 0 Å². The maximum atomic E-state index is 11.4. The zero-order valence-corrected chi connectivity index (χ0v) is 19.0. The molecule has 1 saturated heterocycles. The van der Waals surface area contributed by atoms with Crippen LogP contribution in [-0.2, 0) is 9.53 Å². The van der Waals surface area contributed by atoms with E-state index in [0.717, 1.165) is 38.5 Å². The van der Waals surface area contributed by atoms with E-state index in [2.05, 4.69) is 36.4 Å². The van der Waals surface area contributed by atoms with Crippen molar-refractivity contribution in [3.63, 3.8) is 0 Å². The molecule has 148 valence electrons. The molecule has 0 saturated carbocycles. The van der Waals surface area contributed by atoms with Crippen molar-refractivity contribution in [3.05, 3.63) is 0 Å². The zero-order chi connectivity index (χ0) is 18.4. The Morgan fingerprint density at radius 1 is 1.24 bits per heavy atom. The van der Waals surface area contributed by atoms with Crippen molar-refractivity contribution < 1.29 is 9.53 Å². The van der Waals surface area contributed by atoms with Crippen LogP contribution < -0.4 is 16.4 Å². The summed E-state index contributed by atoms with van der Waals surface area (Å²) in [5.74, 6) is 0.840. The molecule has 25 heavy (non-hydrogen) atoms. The quantitative estimate of drug-likeness (QED) is 0.318. The van der Waals surface area contributed by atoms with Crippen LogP contribution in [0.4, 0.5) is 0 Å². The summed E-state index contributed by atoms with van der Waals surface area (Å²) in [4.78, 5) is 16.0. The molecule has 1 rings (SSSR count). The molecule has 0 aliphatic carbocycles. The molecule has 1 aliphatic heterocycles. The molecule has 0 aromatic carbocycles. The van der Waals surface area contributed by atoms with Gasteiger partial charge in [0.2, 0.25) is 5.91 Å². The summed E-state index contributed by atoms with van der Waals surface area (Å²) < 4.78 is 6.03. The van der Waals surface area contributed by atoms with Crippen molar-refractivity contribution in [2.75, 3.05) is 26.2 Å². The summed E-state index contributed by atoms with van der Waals surface area (Å²) in [6.45, 7) is 15.1. The van der Waals surface area contributed by atoms with Crippen LogP contribution in [0.1, 0.15) is 54.4 Å². The summed E-state index contributed by atoms with van der Waals surface area (Å²) in [7, 11) is 0. The Balaban J connectivity index is 0.00000576. The number of aliphatic imine (C=N–C) groups is 1. The molecule has 2 unspecified atom stereocenters. The SMILES string of the molecule is CCNC(=NCC(C)(C)C(N)=O)NCC1CCCOC1C(C)(C)C.I. The molecule has 0 spiro atoms. The van der Waals surface area contributed by atoms with Crippen LogP contribution in [0, 0.1) is 16.7 Å². The molecule has 0 bridgehead atoms. The van der Waals surface area contributed by atoms with Gasteiger partial charge in [0.1, 0.15) is 0 Å². The van der Waals surface area contributed by atoms with Crippen LogP contribution in [0.5, 0.6) is 0 Å². The van der Waals surface area contributed by atoms with Gasteiger partial charge >= 0.3 is 0 Å². The molecular formula is C18H37IN4O2. The number of halogens is 1. The lowest BCUT2D eigenvalue weighted by atomic mass is 9.78. The average molecular weight is 468 g/mol. The Bertz CT molecular complexity index is 447. The highest BCUT2D eigenvalue weighted by Gasteiger charge is 2.35. The lowest BCUT2D eigenvalue weighted by Gasteiger charge is -2.40. The lowest BCUT2D eigenvalue weighted by molar-refractivity contribution is -0.125. The van der Waals surface area contributed by atoms with E-state index >= 15 is 0 Å². The molecule has 4 N–H and O–H groups in total. The predicted molar refractivity (Wildman–Crippen MR) is 114 cm³/mol. The first-order valence-electron chi connectivity index (χ1n) is 9.01. The highest BCUT2D eigenvalue weighted by Crippen LogP contribution is 2.33. The Kier molecular flexibility index (Phi) is 10.3. The number of guanidine groups is 1. The van der Waals surface area contributed by atoms with Crippen molar-refractivity contribution >= 4 is 35.8 Å². The van der Waals surface area contributed by atoms with Gasteiger partial charge in [0.05, 0.1) is 18.1 Å². The molecule has 6 nitrogen and oxygen atoms in total.